The lowest BCUT2D eigenvalue weighted by Gasteiger charge is -2.12. The third-order valence-corrected chi connectivity index (χ3v) is 2.86. The van der Waals surface area contributed by atoms with Crippen molar-refractivity contribution in [1.29, 1.82) is 0 Å². The van der Waals surface area contributed by atoms with Crippen molar-refractivity contribution in [3.05, 3.63) is 36.4 Å². The highest BCUT2D eigenvalue weighted by molar-refractivity contribution is 5.85. The molecule has 0 saturated carbocycles. The van der Waals surface area contributed by atoms with Gasteiger partial charge in [-0.05, 0) is 38.0 Å². The van der Waals surface area contributed by atoms with Crippen LogP contribution in [0.2, 0.25) is 0 Å². The predicted molar refractivity (Wildman–Crippen MR) is 88.7 cm³/mol. The van der Waals surface area contributed by atoms with Crippen LogP contribution in [0.4, 0.5) is 0 Å². The molecule has 0 fully saturated rings. The number of benzene rings is 1. The Hall–Kier alpha value is -2.50. The molecule has 0 aliphatic carbocycles. The molecule has 0 saturated heterocycles. The molecular formula is C17H24N2O4. The second-order valence-electron chi connectivity index (χ2n) is 5.27. The smallest absolute Gasteiger partial charge is 0.258 e. The largest absolute Gasteiger partial charge is 0.493 e. The van der Waals surface area contributed by atoms with Gasteiger partial charge in [-0.15, -0.1) is 6.58 Å². The summed E-state index contributed by atoms with van der Waals surface area (Å²) in [5, 5.41) is 5.18. The molecule has 0 atom stereocenters. The van der Waals surface area contributed by atoms with Crippen molar-refractivity contribution in [2.24, 2.45) is 0 Å². The summed E-state index contributed by atoms with van der Waals surface area (Å²) in [5.41, 5.74) is 1.04. The zero-order valence-corrected chi connectivity index (χ0v) is 13.8. The van der Waals surface area contributed by atoms with Gasteiger partial charge in [-0.1, -0.05) is 12.1 Å². The van der Waals surface area contributed by atoms with Gasteiger partial charge < -0.3 is 20.1 Å². The van der Waals surface area contributed by atoms with Crippen LogP contribution in [0.15, 0.2) is 30.9 Å². The monoisotopic (exact) mass is 320 g/mol. The number of hydrogen-bond donors (Lipinski definition) is 2. The van der Waals surface area contributed by atoms with E-state index in [1.165, 1.54) is 7.11 Å². The minimum atomic E-state index is -0.374. The summed E-state index contributed by atoms with van der Waals surface area (Å²) in [6.45, 7) is 7.13. The molecule has 6 nitrogen and oxygen atoms in total. The van der Waals surface area contributed by atoms with Crippen molar-refractivity contribution in [2.45, 2.75) is 26.3 Å². The quantitative estimate of drug-likeness (QED) is 0.675. The SMILES string of the molecule is C=CCc1ccc(OCC(=O)NCC(=O)NC(C)C)c(OC)c1. The van der Waals surface area contributed by atoms with Crippen LogP contribution in [0, 0.1) is 0 Å². The minimum Gasteiger partial charge on any atom is -0.493 e. The van der Waals surface area contributed by atoms with E-state index in [-0.39, 0.29) is 31.0 Å². The molecule has 0 bridgehead atoms. The number of allylic oxidation sites excluding steroid dienone is 1. The van der Waals surface area contributed by atoms with Crippen molar-refractivity contribution >= 4 is 11.8 Å². The van der Waals surface area contributed by atoms with Crippen LogP contribution >= 0.6 is 0 Å². The van der Waals surface area contributed by atoms with Crippen molar-refractivity contribution in [3.8, 4) is 11.5 Å². The fraction of sp³-hybridized carbons (Fsp3) is 0.412. The van der Waals surface area contributed by atoms with Gasteiger partial charge in [0.05, 0.1) is 13.7 Å². The van der Waals surface area contributed by atoms with Crippen LogP contribution in [0.25, 0.3) is 0 Å². The van der Waals surface area contributed by atoms with E-state index in [2.05, 4.69) is 17.2 Å². The number of amides is 2. The maximum Gasteiger partial charge on any atom is 0.258 e. The zero-order chi connectivity index (χ0) is 17.2. The van der Waals surface area contributed by atoms with Crippen LogP contribution in [-0.2, 0) is 16.0 Å². The lowest BCUT2D eigenvalue weighted by atomic mass is 10.1. The molecule has 0 aromatic heterocycles. The first-order valence-corrected chi connectivity index (χ1v) is 7.43. The van der Waals surface area contributed by atoms with Gasteiger partial charge in [-0.25, -0.2) is 0 Å². The van der Waals surface area contributed by atoms with Gasteiger partial charge in [-0.3, -0.25) is 9.59 Å². The van der Waals surface area contributed by atoms with Gasteiger partial charge in [-0.2, -0.15) is 0 Å². The van der Waals surface area contributed by atoms with Gasteiger partial charge in [0.15, 0.2) is 18.1 Å². The second kappa shape index (κ2) is 9.50. The predicted octanol–water partition coefficient (Wildman–Crippen LogP) is 1.44. The van der Waals surface area contributed by atoms with Crippen molar-refractivity contribution < 1.29 is 19.1 Å². The first kappa shape index (κ1) is 18.5. The summed E-state index contributed by atoms with van der Waals surface area (Å²) in [4.78, 5) is 23.1. The Morgan fingerprint density at radius 2 is 2.00 bits per heavy atom. The maximum atomic E-state index is 11.7. The van der Waals surface area contributed by atoms with Crippen molar-refractivity contribution in [3.63, 3.8) is 0 Å². The molecular weight excluding hydrogens is 296 g/mol. The van der Waals surface area contributed by atoms with Crippen molar-refractivity contribution in [1.82, 2.24) is 10.6 Å². The lowest BCUT2D eigenvalue weighted by Crippen LogP contribution is -2.41. The summed E-state index contributed by atoms with van der Waals surface area (Å²) in [6, 6.07) is 5.50. The molecule has 2 amide bonds. The van der Waals surface area contributed by atoms with Gasteiger partial charge in [0.1, 0.15) is 0 Å². The van der Waals surface area contributed by atoms with Crippen LogP contribution in [0.5, 0.6) is 11.5 Å². The van der Waals surface area contributed by atoms with E-state index in [0.29, 0.717) is 11.5 Å². The Morgan fingerprint density at radius 1 is 1.26 bits per heavy atom. The minimum absolute atomic E-state index is 0.0361. The fourth-order valence-electron chi connectivity index (χ4n) is 1.87. The topological polar surface area (TPSA) is 76.7 Å². The van der Waals surface area contributed by atoms with E-state index < -0.39 is 0 Å². The molecule has 126 valence electrons. The Kier molecular flexibility index (Phi) is 7.66. The fourth-order valence-corrected chi connectivity index (χ4v) is 1.87. The van der Waals surface area contributed by atoms with E-state index in [4.69, 9.17) is 9.47 Å². The van der Waals surface area contributed by atoms with Crippen molar-refractivity contribution in [2.75, 3.05) is 20.3 Å². The van der Waals surface area contributed by atoms with E-state index in [0.717, 1.165) is 12.0 Å². The molecule has 23 heavy (non-hydrogen) atoms. The number of ether oxygens (including phenoxy) is 2. The van der Waals surface area contributed by atoms with Crippen LogP contribution in [0.1, 0.15) is 19.4 Å². The van der Waals surface area contributed by atoms with E-state index in [1.54, 1.807) is 12.1 Å². The molecule has 6 heteroatoms. The third-order valence-electron chi connectivity index (χ3n) is 2.86. The first-order valence-electron chi connectivity index (χ1n) is 7.43. The summed E-state index contributed by atoms with van der Waals surface area (Å²) in [5.74, 6) is 0.414. The highest BCUT2D eigenvalue weighted by Gasteiger charge is 2.10. The van der Waals surface area contributed by atoms with Gasteiger partial charge in [0, 0.05) is 6.04 Å². The summed E-state index contributed by atoms with van der Waals surface area (Å²) >= 11 is 0. The molecule has 0 spiro atoms. The molecule has 1 aromatic rings. The highest BCUT2D eigenvalue weighted by atomic mass is 16.5. The van der Waals surface area contributed by atoms with Gasteiger partial charge in [0.25, 0.3) is 5.91 Å². The molecule has 0 radical (unpaired) electrons. The molecule has 0 aliphatic rings. The average Bonchev–Trinajstić information content (AvgIpc) is 2.51. The number of hydrogen-bond acceptors (Lipinski definition) is 4. The van der Waals surface area contributed by atoms with Gasteiger partial charge in [0.2, 0.25) is 5.91 Å². The van der Waals surface area contributed by atoms with Crippen LogP contribution in [-0.4, -0.2) is 38.1 Å². The number of rotatable bonds is 9. The standard InChI is InChI=1S/C17H24N2O4/c1-5-6-13-7-8-14(15(9-13)22-4)23-11-17(21)18-10-16(20)19-12(2)3/h5,7-9,12H,1,6,10-11H2,2-4H3,(H,18,21)(H,19,20). The van der Waals surface area contributed by atoms with E-state index >= 15 is 0 Å². The number of carbonyl (C=O) groups is 2. The van der Waals surface area contributed by atoms with E-state index in [9.17, 15) is 9.59 Å². The molecule has 2 N–H and O–H groups in total. The zero-order valence-electron chi connectivity index (χ0n) is 13.8. The van der Waals surface area contributed by atoms with Crippen LogP contribution < -0.4 is 20.1 Å². The molecule has 0 heterocycles. The Balaban J connectivity index is 2.49. The second-order valence-corrected chi connectivity index (χ2v) is 5.27. The lowest BCUT2D eigenvalue weighted by molar-refractivity contribution is -0.127. The summed E-state index contributed by atoms with van der Waals surface area (Å²) < 4.78 is 10.7. The number of carbonyl (C=O) groups excluding carboxylic acids is 2. The normalized spacial score (nSPS) is 10.1. The number of methoxy groups -OCH3 is 1. The third kappa shape index (κ3) is 6.86. The van der Waals surface area contributed by atoms with Gasteiger partial charge >= 0.3 is 0 Å². The average molecular weight is 320 g/mol. The Morgan fingerprint density at radius 3 is 2.61 bits per heavy atom. The Labute approximate surface area is 136 Å². The summed E-state index contributed by atoms with van der Waals surface area (Å²) in [6.07, 6.45) is 2.52. The summed E-state index contributed by atoms with van der Waals surface area (Å²) in [7, 11) is 1.54. The maximum absolute atomic E-state index is 11.7. The highest BCUT2D eigenvalue weighted by Crippen LogP contribution is 2.28. The molecule has 0 aliphatic heterocycles. The van der Waals surface area contributed by atoms with E-state index in [1.807, 2.05) is 26.0 Å². The molecule has 1 aromatic carbocycles. The molecule has 1 rings (SSSR count). The molecule has 0 unspecified atom stereocenters. The van der Waals surface area contributed by atoms with Crippen LogP contribution in [0.3, 0.4) is 0 Å². The first-order chi connectivity index (χ1) is 11.0. The number of nitrogens with one attached hydrogen (secondary N) is 2. The Bertz CT molecular complexity index is 556.